The lowest BCUT2D eigenvalue weighted by atomic mass is 10.2. The van der Waals surface area contributed by atoms with E-state index < -0.39 is 0 Å². The van der Waals surface area contributed by atoms with Crippen molar-refractivity contribution in [2.24, 2.45) is 0 Å². The van der Waals surface area contributed by atoms with E-state index in [-0.39, 0.29) is 0 Å². The smallest absolute Gasteiger partial charge is 0.166 e. The molecule has 0 spiro atoms. The number of rotatable bonds is 8. The monoisotopic (exact) mass is 287 g/mol. The lowest BCUT2D eigenvalue weighted by molar-refractivity contribution is 0.276. The molecule has 0 unspecified atom stereocenters. The molecule has 0 saturated heterocycles. The second kappa shape index (κ2) is 8.21. The molecule has 0 bridgehead atoms. The molecule has 112 valence electrons. The van der Waals surface area contributed by atoms with Crippen molar-refractivity contribution in [3.8, 4) is 11.5 Å². The number of methoxy groups -OCH3 is 1. The maximum atomic E-state index is 5.72. The molecule has 1 N–H and O–H groups in total. The van der Waals surface area contributed by atoms with Crippen molar-refractivity contribution in [3.63, 3.8) is 0 Å². The van der Waals surface area contributed by atoms with E-state index in [0.29, 0.717) is 18.2 Å². The van der Waals surface area contributed by atoms with Gasteiger partial charge in [-0.25, -0.2) is 9.97 Å². The Kier molecular flexibility index (Phi) is 5.97. The minimum atomic E-state index is 0.324. The molecule has 2 aromatic rings. The maximum absolute atomic E-state index is 5.72. The summed E-state index contributed by atoms with van der Waals surface area (Å²) in [6.45, 7) is 4.30. The molecule has 0 atom stereocenters. The van der Waals surface area contributed by atoms with E-state index in [0.717, 1.165) is 25.3 Å². The fourth-order valence-electron chi connectivity index (χ4n) is 1.90. The van der Waals surface area contributed by atoms with Gasteiger partial charge in [-0.2, -0.15) is 0 Å². The van der Waals surface area contributed by atoms with Crippen molar-refractivity contribution in [3.05, 3.63) is 48.0 Å². The number of nitrogens with one attached hydrogen (secondary N) is 1. The third kappa shape index (κ3) is 4.72. The first-order valence-electron chi connectivity index (χ1n) is 7.09. The van der Waals surface area contributed by atoms with Gasteiger partial charge in [0.2, 0.25) is 0 Å². The topological polar surface area (TPSA) is 56.3 Å². The highest BCUT2D eigenvalue weighted by molar-refractivity contribution is 5.43. The highest BCUT2D eigenvalue weighted by Gasteiger charge is 2.07. The first-order chi connectivity index (χ1) is 10.3. The Morgan fingerprint density at radius 2 is 1.95 bits per heavy atom. The quantitative estimate of drug-likeness (QED) is 0.756. The average Bonchev–Trinajstić information content (AvgIpc) is 2.54. The number of hydrogen-bond donors (Lipinski definition) is 1. The number of aromatic nitrogens is 2. The summed E-state index contributed by atoms with van der Waals surface area (Å²) in [4.78, 5) is 8.26. The van der Waals surface area contributed by atoms with E-state index in [9.17, 15) is 0 Å². The Morgan fingerprint density at radius 3 is 2.67 bits per heavy atom. The van der Waals surface area contributed by atoms with Gasteiger partial charge in [0.05, 0.1) is 7.11 Å². The number of hydrogen-bond acceptors (Lipinski definition) is 5. The molecule has 0 aliphatic carbocycles. The number of benzene rings is 1. The molecule has 0 aliphatic rings. The van der Waals surface area contributed by atoms with Crippen molar-refractivity contribution < 1.29 is 9.47 Å². The third-order valence-electron chi connectivity index (χ3n) is 2.96. The molecule has 5 nitrogen and oxygen atoms in total. The lowest BCUT2D eigenvalue weighted by Crippen LogP contribution is -2.13. The number of ether oxygens (including phenoxy) is 2. The summed E-state index contributed by atoms with van der Waals surface area (Å²) in [5.41, 5.74) is 1.17. The van der Waals surface area contributed by atoms with Crippen LogP contribution < -0.4 is 14.8 Å². The van der Waals surface area contributed by atoms with Crippen LogP contribution in [-0.4, -0.2) is 23.6 Å². The normalized spacial score (nSPS) is 10.4. The third-order valence-corrected chi connectivity index (χ3v) is 2.96. The second-order valence-electron chi connectivity index (χ2n) is 4.62. The summed E-state index contributed by atoms with van der Waals surface area (Å²) in [5.74, 6) is 2.07. The van der Waals surface area contributed by atoms with Crippen LogP contribution in [0.2, 0.25) is 0 Å². The van der Waals surface area contributed by atoms with Crippen molar-refractivity contribution in [2.75, 3.05) is 13.7 Å². The fraction of sp³-hybridized carbons (Fsp3) is 0.375. The summed E-state index contributed by atoms with van der Waals surface area (Å²) in [7, 11) is 1.64. The average molecular weight is 287 g/mol. The van der Waals surface area contributed by atoms with Gasteiger partial charge >= 0.3 is 0 Å². The second-order valence-corrected chi connectivity index (χ2v) is 4.62. The van der Waals surface area contributed by atoms with Crippen LogP contribution >= 0.6 is 0 Å². The SMILES string of the molecule is CCCNCc1ccc(OCc2ncccn2)c(OC)c1. The first-order valence-corrected chi connectivity index (χ1v) is 7.09. The summed E-state index contributed by atoms with van der Waals surface area (Å²) in [5, 5.41) is 3.36. The van der Waals surface area contributed by atoms with Crippen LogP contribution in [0.1, 0.15) is 24.7 Å². The van der Waals surface area contributed by atoms with E-state index in [4.69, 9.17) is 9.47 Å². The van der Waals surface area contributed by atoms with Gasteiger partial charge in [0.25, 0.3) is 0 Å². The van der Waals surface area contributed by atoms with Crippen LogP contribution in [0.25, 0.3) is 0 Å². The van der Waals surface area contributed by atoms with Crippen molar-refractivity contribution >= 4 is 0 Å². The Balaban J connectivity index is 1.99. The van der Waals surface area contributed by atoms with Gasteiger partial charge in [-0.3, -0.25) is 0 Å². The van der Waals surface area contributed by atoms with Crippen molar-refractivity contribution in [1.82, 2.24) is 15.3 Å². The molecule has 2 rings (SSSR count). The van der Waals surface area contributed by atoms with Crippen LogP contribution in [0, 0.1) is 0 Å². The van der Waals surface area contributed by atoms with E-state index in [2.05, 4.69) is 22.2 Å². The Bertz CT molecular complexity index is 546. The highest BCUT2D eigenvalue weighted by Crippen LogP contribution is 2.28. The number of nitrogens with zero attached hydrogens (tertiary/aromatic N) is 2. The van der Waals surface area contributed by atoms with E-state index in [1.165, 1.54) is 5.56 Å². The van der Waals surface area contributed by atoms with Gasteiger partial charge in [0.1, 0.15) is 6.61 Å². The fourth-order valence-corrected chi connectivity index (χ4v) is 1.90. The highest BCUT2D eigenvalue weighted by atomic mass is 16.5. The van der Waals surface area contributed by atoms with Gasteiger partial charge in [0, 0.05) is 18.9 Å². The molecular formula is C16H21N3O2. The summed E-state index contributed by atoms with van der Waals surface area (Å²) >= 11 is 0. The van der Waals surface area contributed by atoms with Crippen LogP contribution in [0.4, 0.5) is 0 Å². The van der Waals surface area contributed by atoms with Gasteiger partial charge in [-0.05, 0) is 36.7 Å². The summed E-state index contributed by atoms with van der Waals surface area (Å²) in [6, 6.07) is 7.73. The lowest BCUT2D eigenvalue weighted by Gasteiger charge is -2.12. The van der Waals surface area contributed by atoms with Gasteiger partial charge < -0.3 is 14.8 Å². The van der Waals surface area contributed by atoms with E-state index in [1.807, 2.05) is 18.2 Å². The Hall–Kier alpha value is -2.14. The van der Waals surface area contributed by atoms with Crippen molar-refractivity contribution in [1.29, 1.82) is 0 Å². The Morgan fingerprint density at radius 1 is 1.14 bits per heavy atom. The van der Waals surface area contributed by atoms with E-state index >= 15 is 0 Å². The molecule has 0 fully saturated rings. The molecule has 0 amide bonds. The zero-order valence-corrected chi connectivity index (χ0v) is 12.5. The van der Waals surface area contributed by atoms with Gasteiger partial charge in [-0.1, -0.05) is 13.0 Å². The van der Waals surface area contributed by atoms with Crippen LogP contribution in [-0.2, 0) is 13.2 Å². The molecule has 5 heteroatoms. The predicted molar refractivity (Wildman–Crippen MR) is 81.4 cm³/mol. The maximum Gasteiger partial charge on any atom is 0.166 e. The van der Waals surface area contributed by atoms with Crippen LogP contribution in [0.15, 0.2) is 36.7 Å². The van der Waals surface area contributed by atoms with Gasteiger partial charge in [0.15, 0.2) is 17.3 Å². The molecule has 0 aliphatic heterocycles. The largest absolute Gasteiger partial charge is 0.493 e. The van der Waals surface area contributed by atoms with E-state index in [1.54, 1.807) is 25.6 Å². The molecule has 1 aromatic carbocycles. The van der Waals surface area contributed by atoms with Crippen LogP contribution in [0.3, 0.4) is 0 Å². The van der Waals surface area contributed by atoms with Crippen LogP contribution in [0.5, 0.6) is 11.5 Å². The first kappa shape index (κ1) is 15.3. The van der Waals surface area contributed by atoms with Gasteiger partial charge in [-0.15, -0.1) is 0 Å². The zero-order valence-electron chi connectivity index (χ0n) is 12.5. The summed E-state index contributed by atoms with van der Waals surface area (Å²) in [6.07, 6.45) is 4.52. The van der Waals surface area contributed by atoms with Crippen molar-refractivity contribution in [2.45, 2.75) is 26.5 Å². The molecule has 21 heavy (non-hydrogen) atoms. The zero-order chi connectivity index (χ0) is 14.9. The molecule has 1 heterocycles. The minimum Gasteiger partial charge on any atom is -0.493 e. The standard InChI is InChI=1S/C16H21N3O2/c1-3-7-17-11-13-5-6-14(15(10-13)20-2)21-12-16-18-8-4-9-19-16/h4-6,8-10,17H,3,7,11-12H2,1-2H3. The Labute approximate surface area is 125 Å². The molecular weight excluding hydrogens is 266 g/mol. The predicted octanol–water partition coefficient (Wildman–Crippen LogP) is 2.56. The minimum absolute atomic E-state index is 0.324. The molecule has 0 saturated carbocycles. The molecule has 1 aromatic heterocycles. The summed E-state index contributed by atoms with van der Waals surface area (Å²) < 4.78 is 11.1. The molecule has 0 radical (unpaired) electrons.